The summed E-state index contributed by atoms with van der Waals surface area (Å²) in [6, 6.07) is 4.74. The Bertz CT molecular complexity index is 915. The number of halogens is 1. The summed E-state index contributed by atoms with van der Waals surface area (Å²) < 4.78 is 5.05. The second kappa shape index (κ2) is 6.79. The fourth-order valence-corrected chi connectivity index (χ4v) is 4.05. The van der Waals surface area contributed by atoms with Crippen LogP contribution >= 0.6 is 11.6 Å². The van der Waals surface area contributed by atoms with Gasteiger partial charge in [0.05, 0.1) is 18.8 Å². The number of anilines is 1. The van der Waals surface area contributed by atoms with Crippen LogP contribution in [0.1, 0.15) is 12.5 Å². The van der Waals surface area contributed by atoms with Gasteiger partial charge in [0.1, 0.15) is 0 Å². The van der Waals surface area contributed by atoms with Gasteiger partial charge in [-0.05, 0) is 31.5 Å². The van der Waals surface area contributed by atoms with Gasteiger partial charge in [0.15, 0.2) is 12.2 Å². The first-order valence-corrected chi connectivity index (χ1v) is 9.41. The number of carbonyl (C=O) groups is 2. The molecule has 148 valence electrons. The van der Waals surface area contributed by atoms with Crippen LogP contribution in [0.3, 0.4) is 0 Å². The zero-order valence-electron chi connectivity index (χ0n) is 16.2. The number of fused-ring (bicyclic) bond motifs is 3. The van der Waals surface area contributed by atoms with E-state index in [2.05, 4.69) is 0 Å². The van der Waals surface area contributed by atoms with Crippen LogP contribution in [0.15, 0.2) is 35.1 Å². The van der Waals surface area contributed by atoms with Crippen LogP contribution in [0.4, 0.5) is 10.5 Å². The molecule has 1 aromatic rings. The minimum Gasteiger partial charge on any atom is -0.383 e. The third-order valence-corrected chi connectivity index (χ3v) is 5.80. The van der Waals surface area contributed by atoms with E-state index in [-0.39, 0.29) is 18.5 Å². The first-order chi connectivity index (χ1) is 13.4. The van der Waals surface area contributed by atoms with E-state index >= 15 is 0 Å². The number of amides is 3. The number of guanidine groups is 1. The maximum Gasteiger partial charge on any atom is 0.328 e. The molecule has 1 saturated heterocycles. The molecule has 3 aliphatic heterocycles. The summed E-state index contributed by atoms with van der Waals surface area (Å²) in [5.41, 5.74) is 2.76. The van der Waals surface area contributed by atoms with Crippen LogP contribution in [-0.2, 0) is 9.53 Å². The number of imide groups is 1. The van der Waals surface area contributed by atoms with E-state index in [4.69, 9.17) is 21.3 Å². The molecule has 3 amide bonds. The van der Waals surface area contributed by atoms with Crippen molar-refractivity contribution in [1.29, 1.82) is 0 Å². The molecule has 1 fully saturated rings. The normalized spacial score (nSPS) is 23.9. The summed E-state index contributed by atoms with van der Waals surface area (Å²) in [7, 11) is 3.21. The molecule has 0 aliphatic carbocycles. The molecule has 1 aromatic carbocycles. The number of likely N-dealkylation sites (N-methyl/N-ethyl adjacent to an activating group) is 1. The number of benzene rings is 1. The molecule has 3 aliphatic rings. The topological polar surface area (TPSA) is 68.7 Å². The van der Waals surface area contributed by atoms with Crippen molar-refractivity contribution in [2.75, 3.05) is 32.2 Å². The van der Waals surface area contributed by atoms with Crippen molar-refractivity contribution in [2.24, 2.45) is 4.99 Å². The Labute approximate surface area is 168 Å². The first-order valence-electron chi connectivity index (χ1n) is 9.03. The summed E-state index contributed by atoms with van der Waals surface area (Å²) in [5.74, 6) is 0.358. The number of urea groups is 1. The van der Waals surface area contributed by atoms with Gasteiger partial charge in [-0.2, -0.15) is 0 Å². The van der Waals surface area contributed by atoms with Crippen LogP contribution < -0.4 is 4.90 Å². The Morgan fingerprint density at radius 2 is 2.00 bits per heavy atom. The number of aliphatic imine (C=N–C) groups is 1. The van der Waals surface area contributed by atoms with Crippen molar-refractivity contribution in [3.05, 3.63) is 40.7 Å². The SMILES string of the molecule is COCCN1C(=O)C2C(N=C3N(c4cccc(Cl)c4C)C(C)=CN32)N(C)C1=O. The lowest BCUT2D eigenvalue weighted by Crippen LogP contribution is -2.64. The van der Waals surface area contributed by atoms with Gasteiger partial charge < -0.3 is 14.5 Å². The molecule has 8 nitrogen and oxygen atoms in total. The largest absolute Gasteiger partial charge is 0.383 e. The molecular weight excluding hydrogens is 382 g/mol. The molecule has 4 rings (SSSR count). The highest BCUT2D eigenvalue weighted by molar-refractivity contribution is 6.32. The van der Waals surface area contributed by atoms with Crippen molar-refractivity contribution >= 4 is 35.2 Å². The third kappa shape index (κ3) is 2.59. The minimum absolute atomic E-state index is 0.213. The molecular formula is C19H22ClN5O3. The van der Waals surface area contributed by atoms with Crippen LogP contribution in [0.25, 0.3) is 0 Å². The number of hydrogen-bond donors (Lipinski definition) is 0. The van der Waals surface area contributed by atoms with E-state index in [9.17, 15) is 9.59 Å². The highest BCUT2D eigenvalue weighted by Gasteiger charge is 2.54. The van der Waals surface area contributed by atoms with Gasteiger partial charge in [0.25, 0.3) is 5.91 Å². The minimum atomic E-state index is -0.589. The highest BCUT2D eigenvalue weighted by Crippen LogP contribution is 2.38. The Balaban J connectivity index is 1.72. The van der Waals surface area contributed by atoms with Gasteiger partial charge in [0, 0.05) is 31.1 Å². The molecule has 2 atom stereocenters. The Morgan fingerprint density at radius 3 is 2.71 bits per heavy atom. The van der Waals surface area contributed by atoms with E-state index in [0.717, 1.165) is 16.9 Å². The van der Waals surface area contributed by atoms with E-state index in [1.54, 1.807) is 14.2 Å². The summed E-state index contributed by atoms with van der Waals surface area (Å²) in [4.78, 5) is 37.1. The predicted octanol–water partition coefficient (Wildman–Crippen LogP) is 2.24. The van der Waals surface area contributed by atoms with Crippen LogP contribution in [0.2, 0.25) is 5.02 Å². The van der Waals surface area contributed by atoms with Crippen molar-refractivity contribution in [1.82, 2.24) is 14.7 Å². The summed E-state index contributed by atoms with van der Waals surface area (Å²) in [6.45, 7) is 4.41. The average Bonchev–Trinajstić information content (AvgIpc) is 3.17. The van der Waals surface area contributed by atoms with Gasteiger partial charge in [-0.1, -0.05) is 17.7 Å². The van der Waals surface area contributed by atoms with Crippen molar-refractivity contribution in [3.63, 3.8) is 0 Å². The number of nitrogens with zero attached hydrogens (tertiary/aromatic N) is 5. The molecule has 0 aromatic heterocycles. The van der Waals surface area contributed by atoms with Gasteiger partial charge in [0.2, 0.25) is 5.96 Å². The number of allylic oxidation sites excluding steroid dienone is 1. The number of hydrogen-bond acceptors (Lipinski definition) is 6. The lowest BCUT2D eigenvalue weighted by atomic mass is 10.1. The smallest absolute Gasteiger partial charge is 0.328 e. The van der Waals surface area contributed by atoms with Crippen molar-refractivity contribution in [3.8, 4) is 0 Å². The number of methoxy groups -OCH3 is 1. The molecule has 9 heteroatoms. The summed E-state index contributed by atoms with van der Waals surface area (Å²) in [5, 5.41) is 0.661. The van der Waals surface area contributed by atoms with Crippen molar-refractivity contribution in [2.45, 2.75) is 26.1 Å². The number of ether oxygens (including phenoxy) is 1. The molecule has 2 unspecified atom stereocenters. The zero-order valence-corrected chi connectivity index (χ0v) is 17.0. The maximum absolute atomic E-state index is 13.1. The highest BCUT2D eigenvalue weighted by atomic mass is 35.5. The quantitative estimate of drug-likeness (QED) is 0.771. The maximum atomic E-state index is 13.1. The van der Waals surface area contributed by atoms with Crippen molar-refractivity contribution < 1.29 is 14.3 Å². The zero-order chi connectivity index (χ0) is 20.2. The molecule has 0 spiro atoms. The van der Waals surface area contributed by atoms with Crippen LogP contribution in [0.5, 0.6) is 0 Å². The molecule has 0 radical (unpaired) electrons. The fourth-order valence-electron chi connectivity index (χ4n) is 3.88. The lowest BCUT2D eigenvalue weighted by molar-refractivity contribution is -0.137. The predicted molar refractivity (Wildman–Crippen MR) is 106 cm³/mol. The molecule has 28 heavy (non-hydrogen) atoms. The monoisotopic (exact) mass is 403 g/mol. The second-order valence-electron chi connectivity index (χ2n) is 7.06. The standard InChI is InChI=1S/C19H22ClN5O3/c1-11-10-24-15-16(22(3)19(27)23(17(15)26)8-9-28-4)21-18(24)25(11)14-7-5-6-13(20)12(14)2/h5-7,10,15-16H,8-9H2,1-4H3. The summed E-state index contributed by atoms with van der Waals surface area (Å²) in [6.07, 6.45) is 1.33. The Kier molecular flexibility index (Phi) is 4.55. The van der Waals surface area contributed by atoms with Gasteiger partial charge >= 0.3 is 6.03 Å². The Morgan fingerprint density at radius 1 is 1.25 bits per heavy atom. The van der Waals surface area contributed by atoms with Crippen LogP contribution in [-0.4, -0.2) is 72.1 Å². The van der Waals surface area contributed by atoms with Crippen LogP contribution in [0, 0.1) is 6.92 Å². The second-order valence-corrected chi connectivity index (χ2v) is 7.47. The lowest BCUT2D eigenvalue weighted by Gasteiger charge is -2.40. The average molecular weight is 404 g/mol. The Hall–Kier alpha value is -2.58. The molecule has 3 heterocycles. The van der Waals surface area contributed by atoms with Gasteiger partial charge in [-0.15, -0.1) is 0 Å². The first kappa shape index (κ1) is 18.8. The van der Waals surface area contributed by atoms with Gasteiger partial charge in [-0.3, -0.25) is 14.6 Å². The molecule has 0 N–H and O–H groups in total. The van der Waals surface area contributed by atoms with E-state index in [1.807, 2.05) is 48.0 Å². The fraction of sp³-hybridized carbons (Fsp3) is 0.421. The summed E-state index contributed by atoms with van der Waals surface area (Å²) >= 11 is 6.31. The van der Waals surface area contributed by atoms with Gasteiger partial charge in [-0.25, -0.2) is 9.79 Å². The van der Waals surface area contributed by atoms with E-state index < -0.39 is 12.2 Å². The molecule has 0 saturated carbocycles. The molecule has 0 bridgehead atoms. The third-order valence-electron chi connectivity index (χ3n) is 5.39. The number of rotatable bonds is 4. The van der Waals surface area contributed by atoms with E-state index in [1.165, 1.54) is 9.80 Å². The number of carbonyl (C=O) groups excluding carboxylic acids is 2. The van der Waals surface area contributed by atoms with E-state index in [0.29, 0.717) is 17.6 Å².